The standard InChI is InChI=1S/C19H21FN2O3S/c1-22(26(24,25)14-12-16-7-3-2-4-8-16)15-19(23)21-13-11-17-9-5-6-10-18(17)20/h2-10,12,14H,11,13,15H2,1H3,(H,21,23)/b14-12+. The van der Waals surface area contributed by atoms with E-state index in [4.69, 9.17) is 0 Å². The summed E-state index contributed by atoms with van der Waals surface area (Å²) in [4.78, 5) is 11.9. The monoisotopic (exact) mass is 376 g/mol. The molecular weight excluding hydrogens is 355 g/mol. The van der Waals surface area contributed by atoms with E-state index in [0.29, 0.717) is 12.0 Å². The van der Waals surface area contributed by atoms with Gasteiger partial charge in [-0.15, -0.1) is 0 Å². The molecule has 0 radical (unpaired) electrons. The molecule has 0 saturated heterocycles. The van der Waals surface area contributed by atoms with Crippen LogP contribution in [0.4, 0.5) is 4.39 Å². The Morgan fingerprint density at radius 1 is 1.12 bits per heavy atom. The van der Waals surface area contributed by atoms with Gasteiger partial charge in [-0.3, -0.25) is 4.79 Å². The molecule has 2 aromatic rings. The molecule has 2 aromatic carbocycles. The van der Waals surface area contributed by atoms with Crippen molar-refractivity contribution in [3.8, 4) is 0 Å². The number of hydrogen-bond donors (Lipinski definition) is 1. The third-order valence-electron chi connectivity index (χ3n) is 3.71. The SMILES string of the molecule is CN(CC(=O)NCCc1ccccc1F)S(=O)(=O)/C=C/c1ccccc1. The van der Waals surface area contributed by atoms with E-state index in [-0.39, 0.29) is 18.9 Å². The van der Waals surface area contributed by atoms with E-state index in [1.165, 1.54) is 19.2 Å². The minimum Gasteiger partial charge on any atom is -0.355 e. The van der Waals surface area contributed by atoms with Crippen molar-refractivity contribution in [2.24, 2.45) is 0 Å². The van der Waals surface area contributed by atoms with E-state index >= 15 is 0 Å². The normalized spacial score (nSPS) is 11.8. The summed E-state index contributed by atoms with van der Waals surface area (Å²) in [5.74, 6) is -0.770. The molecule has 0 aliphatic carbocycles. The predicted octanol–water partition coefficient (Wildman–Crippen LogP) is 2.42. The van der Waals surface area contributed by atoms with Gasteiger partial charge >= 0.3 is 0 Å². The van der Waals surface area contributed by atoms with Crippen LogP contribution >= 0.6 is 0 Å². The molecule has 0 atom stereocenters. The lowest BCUT2D eigenvalue weighted by atomic mass is 10.1. The van der Waals surface area contributed by atoms with Gasteiger partial charge in [0.25, 0.3) is 0 Å². The lowest BCUT2D eigenvalue weighted by Crippen LogP contribution is -2.38. The third kappa shape index (κ3) is 6.09. The van der Waals surface area contributed by atoms with Crippen molar-refractivity contribution in [1.29, 1.82) is 0 Å². The summed E-state index contributed by atoms with van der Waals surface area (Å²) in [5.41, 5.74) is 1.25. The van der Waals surface area contributed by atoms with Crippen LogP contribution in [0.5, 0.6) is 0 Å². The van der Waals surface area contributed by atoms with Crippen LogP contribution in [0.3, 0.4) is 0 Å². The van der Waals surface area contributed by atoms with Gasteiger partial charge in [-0.05, 0) is 29.7 Å². The van der Waals surface area contributed by atoms with E-state index < -0.39 is 15.9 Å². The fourth-order valence-corrected chi connectivity index (χ4v) is 3.05. The maximum Gasteiger partial charge on any atom is 0.236 e. The molecule has 2 rings (SSSR count). The first kappa shape index (κ1) is 19.8. The molecule has 0 bridgehead atoms. The topological polar surface area (TPSA) is 66.5 Å². The van der Waals surface area contributed by atoms with Gasteiger partial charge in [-0.1, -0.05) is 48.5 Å². The maximum absolute atomic E-state index is 13.5. The fraction of sp³-hybridized carbons (Fsp3) is 0.211. The number of likely N-dealkylation sites (N-methyl/N-ethyl adjacent to an activating group) is 1. The minimum absolute atomic E-state index is 0.230. The summed E-state index contributed by atoms with van der Waals surface area (Å²) in [6, 6.07) is 15.3. The largest absolute Gasteiger partial charge is 0.355 e. The number of amides is 1. The summed E-state index contributed by atoms with van der Waals surface area (Å²) >= 11 is 0. The number of sulfonamides is 1. The molecule has 1 N–H and O–H groups in total. The Morgan fingerprint density at radius 2 is 1.77 bits per heavy atom. The van der Waals surface area contributed by atoms with Crippen molar-refractivity contribution in [3.05, 3.63) is 76.9 Å². The first-order valence-corrected chi connectivity index (χ1v) is 9.58. The second-order valence-corrected chi connectivity index (χ2v) is 7.63. The zero-order chi connectivity index (χ0) is 19.0. The van der Waals surface area contributed by atoms with Gasteiger partial charge < -0.3 is 5.32 Å². The van der Waals surface area contributed by atoms with Gasteiger partial charge in [0, 0.05) is 19.0 Å². The predicted molar refractivity (Wildman–Crippen MR) is 100 cm³/mol. The highest BCUT2D eigenvalue weighted by Crippen LogP contribution is 2.07. The molecule has 0 aromatic heterocycles. The Morgan fingerprint density at radius 3 is 2.46 bits per heavy atom. The number of hydrogen-bond acceptors (Lipinski definition) is 3. The molecule has 5 nitrogen and oxygen atoms in total. The molecule has 1 amide bonds. The minimum atomic E-state index is -3.71. The molecular formula is C19H21FN2O3S. The van der Waals surface area contributed by atoms with E-state index in [9.17, 15) is 17.6 Å². The fourth-order valence-electron chi connectivity index (χ4n) is 2.22. The molecule has 7 heteroatoms. The zero-order valence-electron chi connectivity index (χ0n) is 14.4. The molecule has 0 heterocycles. The number of benzene rings is 2. The number of rotatable bonds is 8. The van der Waals surface area contributed by atoms with Crippen LogP contribution in [0.2, 0.25) is 0 Å². The highest BCUT2D eigenvalue weighted by molar-refractivity contribution is 7.92. The molecule has 0 fully saturated rings. The highest BCUT2D eigenvalue weighted by atomic mass is 32.2. The average molecular weight is 376 g/mol. The smallest absolute Gasteiger partial charge is 0.236 e. The number of carbonyl (C=O) groups is 1. The molecule has 26 heavy (non-hydrogen) atoms. The van der Waals surface area contributed by atoms with Crippen molar-refractivity contribution >= 4 is 22.0 Å². The Labute approximate surface area is 153 Å². The number of halogens is 1. The van der Waals surface area contributed by atoms with Crippen molar-refractivity contribution in [3.63, 3.8) is 0 Å². The Bertz CT molecular complexity index is 867. The maximum atomic E-state index is 13.5. The van der Waals surface area contributed by atoms with Crippen molar-refractivity contribution in [1.82, 2.24) is 9.62 Å². The van der Waals surface area contributed by atoms with Gasteiger partial charge in [0.05, 0.1) is 6.54 Å². The summed E-state index contributed by atoms with van der Waals surface area (Å²) in [6.45, 7) is -0.0771. The summed E-state index contributed by atoms with van der Waals surface area (Å²) < 4.78 is 38.8. The number of nitrogens with one attached hydrogen (secondary N) is 1. The molecule has 0 spiro atoms. The second-order valence-electron chi connectivity index (χ2n) is 5.71. The number of nitrogens with zero attached hydrogens (tertiary/aromatic N) is 1. The second kappa shape index (κ2) is 9.26. The Kier molecular flexibility index (Phi) is 7.06. The molecule has 0 unspecified atom stereocenters. The van der Waals surface area contributed by atoms with Gasteiger partial charge in [0.15, 0.2) is 0 Å². The van der Waals surface area contributed by atoms with Crippen LogP contribution in [-0.4, -0.2) is 38.8 Å². The zero-order valence-corrected chi connectivity index (χ0v) is 15.2. The van der Waals surface area contributed by atoms with Crippen LogP contribution in [0, 0.1) is 5.82 Å². The van der Waals surface area contributed by atoms with E-state index in [1.807, 2.05) is 6.07 Å². The first-order chi connectivity index (χ1) is 12.4. The molecule has 138 valence electrons. The van der Waals surface area contributed by atoms with Crippen LogP contribution in [0.25, 0.3) is 6.08 Å². The molecule has 0 saturated carbocycles. The number of carbonyl (C=O) groups excluding carboxylic acids is 1. The first-order valence-electron chi connectivity index (χ1n) is 8.08. The Balaban J connectivity index is 1.83. The summed E-state index contributed by atoms with van der Waals surface area (Å²) in [5, 5.41) is 3.66. The van der Waals surface area contributed by atoms with Crippen LogP contribution in [0.15, 0.2) is 60.0 Å². The quantitative estimate of drug-likeness (QED) is 0.769. The highest BCUT2D eigenvalue weighted by Gasteiger charge is 2.17. The van der Waals surface area contributed by atoms with Crippen LogP contribution < -0.4 is 5.32 Å². The Hall–Kier alpha value is -2.51. The van der Waals surface area contributed by atoms with Crippen LogP contribution in [0.1, 0.15) is 11.1 Å². The van der Waals surface area contributed by atoms with E-state index in [1.54, 1.807) is 42.5 Å². The average Bonchev–Trinajstić information content (AvgIpc) is 2.62. The van der Waals surface area contributed by atoms with Crippen molar-refractivity contribution in [2.45, 2.75) is 6.42 Å². The van der Waals surface area contributed by atoms with E-state index in [0.717, 1.165) is 15.3 Å². The van der Waals surface area contributed by atoms with Crippen molar-refractivity contribution in [2.75, 3.05) is 20.1 Å². The van der Waals surface area contributed by atoms with Gasteiger partial charge in [-0.2, -0.15) is 4.31 Å². The van der Waals surface area contributed by atoms with Gasteiger partial charge in [0.2, 0.25) is 15.9 Å². The molecule has 0 aliphatic rings. The summed E-state index contributed by atoms with van der Waals surface area (Å²) in [7, 11) is -2.37. The van der Waals surface area contributed by atoms with Crippen molar-refractivity contribution < 1.29 is 17.6 Å². The summed E-state index contributed by atoms with van der Waals surface area (Å²) in [6.07, 6.45) is 1.81. The molecule has 0 aliphatic heterocycles. The lowest BCUT2D eigenvalue weighted by molar-refractivity contribution is -0.121. The third-order valence-corrected chi connectivity index (χ3v) is 5.19. The van der Waals surface area contributed by atoms with E-state index in [2.05, 4.69) is 5.32 Å². The van der Waals surface area contributed by atoms with Crippen LogP contribution in [-0.2, 0) is 21.2 Å². The lowest BCUT2D eigenvalue weighted by Gasteiger charge is -2.14. The van der Waals surface area contributed by atoms with Gasteiger partial charge in [0.1, 0.15) is 5.82 Å². The van der Waals surface area contributed by atoms with Gasteiger partial charge in [-0.25, -0.2) is 12.8 Å².